The van der Waals surface area contributed by atoms with Crippen LogP contribution in [0.5, 0.6) is 0 Å². The van der Waals surface area contributed by atoms with Gasteiger partial charge in [0.05, 0.1) is 62.3 Å². The summed E-state index contributed by atoms with van der Waals surface area (Å²) in [6.45, 7) is 19.4. The van der Waals surface area contributed by atoms with Gasteiger partial charge in [-0.25, -0.2) is 15.2 Å². The highest BCUT2D eigenvalue weighted by atomic mass is 32.1. The molecule has 3 aromatic heterocycles. The number of piperidine rings is 1. The normalized spacial score (nSPS) is 27.4. The second-order valence-electron chi connectivity index (χ2n) is 21.7. The SMILES string of the molecule is CCO[C@@H]1c2nc(cs2)-c2ccc3c(c2)c(c(-c2cc([C@@H]4CCN5CCOCC5C4)cnc2[C@H](C)OC)n3CCOC(C)C)CC(C)(C)COC(=O)[C@@H]2CCCN(N2)C(=O)C1NC(=O)N1C[C@@H]2COCC[C@@H]21. The molecule has 8 atom stereocenters. The Bertz CT molecular complexity index is 2600. The molecule has 0 saturated carbocycles. The van der Waals surface area contributed by atoms with E-state index in [0.29, 0.717) is 75.7 Å². The number of hydrogen-bond donors (Lipinski definition) is 2. The molecule has 17 nitrogen and oxygen atoms in total. The number of amides is 3. The van der Waals surface area contributed by atoms with Crippen LogP contribution in [0.2, 0.25) is 0 Å². The van der Waals surface area contributed by atoms with E-state index in [1.807, 2.05) is 12.3 Å². The number of hydrazine groups is 1. The van der Waals surface area contributed by atoms with E-state index in [4.69, 9.17) is 38.4 Å². The number of carbonyl (C=O) groups excluding carboxylic acids is 3. The molecule has 72 heavy (non-hydrogen) atoms. The van der Waals surface area contributed by atoms with Crippen LogP contribution in [0, 0.1) is 11.3 Å². The maximum absolute atomic E-state index is 14.9. The quantitative estimate of drug-likeness (QED) is 0.147. The molecule has 10 rings (SSSR count). The molecule has 3 amide bonds. The maximum atomic E-state index is 14.9. The van der Waals surface area contributed by atoms with Crippen molar-refractivity contribution in [3.05, 3.63) is 57.7 Å². The fourth-order valence-corrected chi connectivity index (χ4v) is 12.8. The van der Waals surface area contributed by atoms with Crippen LogP contribution < -0.4 is 10.7 Å². The summed E-state index contributed by atoms with van der Waals surface area (Å²) in [6, 6.07) is 7.05. The van der Waals surface area contributed by atoms with Gasteiger partial charge in [-0.3, -0.25) is 24.5 Å². The van der Waals surface area contributed by atoms with E-state index in [1.54, 1.807) is 12.0 Å². The van der Waals surface area contributed by atoms with E-state index < -0.39 is 35.5 Å². The lowest BCUT2D eigenvalue weighted by Crippen LogP contribution is -2.67. The van der Waals surface area contributed by atoms with Gasteiger partial charge in [0.1, 0.15) is 23.2 Å². The zero-order valence-corrected chi connectivity index (χ0v) is 44.0. The zero-order valence-electron chi connectivity index (χ0n) is 43.2. The molecule has 6 bridgehead atoms. The summed E-state index contributed by atoms with van der Waals surface area (Å²) in [4.78, 5) is 58.2. The van der Waals surface area contributed by atoms with Gasteiger partial charge >= 0.3 is 12.0 Å². The summed E-state index contributed by atoms with van der Waals surface area (Å²) in [5, 5.41) is 8.19. The average molecular weight is 1010 g/mol. The standard InChI is InChI=1S/C54H74N8O9S/c1-8-69-49-47(57-53(65)61-27-37-28-67-19-14-44(37)61)51(63)62-15-9-10-42(58-62)52(64)71-31-54(5,6)25-41-39-23-35(43-30-72-50(49)56-43)11-12-45(39)60(18-21-70-32(2)3)48(41)40-24-36(26-55-46(40)33(4)66-7)34-13-16-59-17-20-68-29-38(59)22-34/h11-12,23-24,26,30,32-34,37-38,42,44,47,49,58H,8-10,13-22,25,27-29,31H2,1-7H3,(H,57,65)/t33-,34+,37+,38?,42-,44-,47?,49-/m0/s1. The van der Waals surface area contributed by atoms with Crippen LogP contribution in [0.3, 0.4) is 0 Å². The summed E-state index contributed by atoms with van der Waals surface area (Å²) in [6.07, 6.45) is 5.27. The molecule has 18 heteroatoms. The first-order valence-corrected chi connectivity index (χ1v) is 27.3. The van der Waals surface area contributed by atoms with Crippen molar-refractivity contribution in [3.8, 4) is 22.5 Å². The van der Waals surface area contributed by atoms with Crippen molar-refractivity contribution in [3.63, 3.8) is 0 Å². The van der Waals surface area contributed by atoms with Crippen molar-refractivity contribution in [1.82, 2.24) is 40.1 Å². The third-order valence-electron chi connectivity index (χ3n) is 15.8. The van der Waals surface area contributed by atoms with Gasteiger partial charge in [0.15, 0.2) is 0 Å². The van der Waals surface area contributed by atoms with E-state index in [2.05, 4.69) is 85.3 Å². The fraction of sp³-hybridized carbons (Fsp3) is 0.648. The first kappa shape index (κ1) is 51.0. The van der Waals surface area contributed by atoms with Crippen molar-refractivity contribution in [1.29, 1.82) is 0 Å². The summed E-state index contributed by atoms with van der Waals surface area (Å²) >= 11 is 1.40. The number of likely N-dealkylation sites (tertiary alicyclic amines) is 1. The number of hydrogen-bond acceptors (Lipinski definition) is 14. The molecule has 6 aliphatic rings. The molecule has 4 aromatic rings. The number of benzene rings is 1. The number of nitrogens with zero attached hydrogens (tertiary/aromatic N) is 6. The van der Waals surface area contributed by atoms with E-state index in [0.717, 1.165) is 90.2 Å². The monoisotopic (exact) mass is 1010 g/mol. The van der Waals surface area contributed by atoms with Crippen molar-refractivity contribution >= 4 is 40.1 Å². The number of esters is 1. The predicted molar refractivity (Wildman–Crippen MR) is 273 cm³/mol. The summed E-state index contributed by atoms with van der Waals surface area (Å²) in [7, 11) is 1.73. The Labute approximate surface area is 427 Å². The van der Waals surface area contributed by atoms with Crippen molar-refractivity contribution < 1.29 is 42.8 Å². The Kier molecular flexibility index (Phi) is 15.4. The molecule has 390 valence electrons. The van der Waals surface area contributed by atoms with Crippen LogP contribution in [-0.4, -0.2) is 157 Å². The number of methoxy groups -OCH3 is 1. The maximum Gasteiger partial charge on any atom is 0.324 e. The molecule has 0 spiro atoms. The highest BCUT2D eigenvalue weighted by Gasteiger charge is 2.47. The molecule has 6 aliphatic heterocycles. The summed E-state index contributed by atoms with van der Waals surface area (Å²) in [5.74, 6) is -0.254. The Hall–Kier alpha value is -4.53. The van der Waals surface area contributed by atoms with Crippen molar-refractivity contribution in [2.45, 2.75) is 135 Å². The Balaban J connectivity index is 1.11. The number of thiazole rings is 1. The van der Waals surface area contributed by atoms with Crippen LogP contribution in [0.15, 0.2) is 35.8 Å². The van der Waals surface area contributed by atoms with E-state index in [1.165, 1.54) is 21.9 Å². The highest BCUT2D eigenvalue weighted by molar-refractivity contribution is 7.10. The third kappa shape index (κ3) is 10.4. The van der Waals surface area contributed by atoms with Crippen LogP contribution in [-0.2, 0) is 51.0 Å². The topological polar surface area (TPSA) is 171 Å². The molecule has 2 unspecified atom stereocenters. The largest absolute Gasteiger partial charge is 0.464 e. The molecule has 1 aromatic carbocycles. The van der Waals surface area contributed by atoms with Gasteiger partial charge in [0, 0.05) is 104 Å². The lowest BCUT2D eigenvalue weighted by atomic mass is 9.82. The van der Waals surface area contributed by atoms with Gasteiger partial charge in [0.2, 0.25) is 0 Å². The average Bonchev–Trinajstić information content (AvgIpc) is 3.98. The van der Waals surface area contributed by atoms with Crippen LogP contribution in [0.4, 0.5) is 4.79 Å². The summed E-state index contributed by atoms with van der Waals surface area (Å²) in [5.41, 5.74) is 10.5. The number of morpholine rings is 1. The number of urea groups is 1. The van der Waals surface area contributed by atoms with Gasteiger partial charge in [-0.15, -0.1) is 11.3 Å². The molecule has 5 fully saturated rings. The lowest BCUT2D eigenvalue weighted by Gasteiger charge is -2.50. The number of aromatic nitrogens is 3. The second kappa shape index (κ2) is 21.7. The minimum Gasteiger partial charge on any atom is -0.464 e. The van der Waals surface area contributed by atoms with E-state index in [-0.39, 0.29) is 43.4 Å². The zero-order chi connectivity index (χ0) is 50.3. The number of rotatable bonds is 11. The number of carbonyl (C=O) groups is 3. The van der Waals surface area contributed by atoms with Gasteiger partial charge in [-0.05, 0) is 108 Å². The minimum absolute atomic E-state index is 0.0399. The number of nitrogens with one attached hydrogen (secondary N) is 2. The van der Waals surface area contributed by atoms with E-state index >= 15 is 0 Å². The fourth-order valence-electron chi connectivity index (χ4n) is 11.9. The molecule has 0 aliphatic carbocycles. The van der Waals surface area contributed by atoms with Crippen molar-refractivity contribution in [2.75, 3.05) is 79.5 Å². The first-order valence-electron chi connectivity index (χ1n) is 26.4. The molecule has 5 saturated heterocycles. The van der Waals surface area contributed by atoms with Gasteiger partial charge in [0.25, 0.3) is 5.91 Å². The molecule has 0 radical (unpaired) electrons. The van der Waals surface area contributed by atoms with Gasteiger partial charge in [-0.2, -0.15) is 0 Å². The number of cyclic esters (lactones) is 1. The van der Waals surface area contributed by atoms with Crippen LogP contribution >= 0.6 is 11.3 Å². The first-order chi connectivity index (χ1) is 34.8. The Morgan fingerprint density at radius 3 is 2.71 bits per heavy atom. The van der Waals surface area contributed by atoms with Gasteiger partial charge in [-0.1, -0.05) is 19.9 Å². The highest BCUT2D eigenvalue weighted by Crippen LogP contribution is 2.44. The minimum atomic E-state index is -1.15. The van der Waals surface area contributed by atoms with Crippen molar-refractivity contribution in [2.24, 2.45) is 11.3 Å². The lowest BCUT2D eigenvalue weighted by molar-refractivity contribution is -0.156. The molecule has 2 N–H and O–H groups in total. The summed E-state index contributed by atoms with van der Waals surface area (Å²) < 4.78 is 39.2. The van der Waals surface area contributed by atoms with E-state index in [9.17, 15) is 14.4 Å². The molecular formula is C54H74N8O9S. The number of fused-ring (bicyclic) bond motifs is 8. The smallest absolute Gasteiger partial charge is 0.324 e. The number of pyridine rings is 1. The number of ether oxygens (including phenoxy) is 6. The molecular weight excluding hydrogens is 937 g/mol. The Morgan fingerprint density at radius 2 is 1.90 bits per heavy atom. The third-order valence-corrected chi connectivity index (χ3v) is 16.7. The molecule has 9 heterocycles. The van der Waals surface area contributed by atoms with Crippen LogP contribution in [0.1, 0.15) is 114 Å². The Morgan fingerprint density at radius 1 is 1.06 bits per heavy atom. The van der Waals surface area contributed by atoms with Crippen LogP contribution in [0.25, 0.3) is 33.4 Å². The van der Waals surface area contributed by atoms with Gasteiger partial charge < -0.3 is 43.2 Å². The second-order valence-corrected chi connectivity index (χ2v) is 22.6. The predicted octanol–water partition coefficient (Wildman–Crippen LogP) is 7.04.